The summed E-state index contributed by atoms with van der Waals surface area (Å²) in [6.45, 7) is 3.95. The Labute approximate surface area is 206 Å². The number of carbonyl (C=O) groups excluding carboxylic acids is 2. The fraction of sp³-hybridized carbons (Fsp3) is 0.464. The van der Waals surface area contributed by atoms with Crippen molar-refractivity contribution < 1.29 is 24.2 Å². The lowest BCUT2D eigenvalue weighted by atomic mass is 9.82. The molecule has 0 spiro atoms. The summed E-state index contributed by atoms with van der Waals surface area (Å²) in [5.74, 6) is -1.53. The topological polar surface area (TPSA) is 105 Å². The summed E-state index contributed by atoms with van der Waals surface area (Å²) in [7, 11) is 0. The van der Waals surface area contributed by atoms with Crippen molar-refractivity contribution in [3.05, 3.63) is 59.7 Å². The summed E-state index contributed by atoms with van der Waals surface area (Å²) in [6, 6.07) is 16.0. The van der Waals surface area contributed by atoms with Gasteiger partial charge in [0.1, 0.15) is 6.61 Å². The molecule has 7 nitrogen and oxygen atoms in total. The number of nitrogens with one attached hydrogen (secondary N) is 2. The van der Waals surface area contributed by atoms with Crippen LogP contribution in [-0.2, 0) is 14.3 Å². The predicted octanol–water partition coefficient (Wildman–Crippen LogP) is 4.70. The van der Waals surface area contributed by atoms with Crippen molar-refractivity contribution in [2.45, 2.75) is 57.9 Å². The van der Waals surface area contributed by atoms with Crippen molar-refractivity contribution >= 4 is 18.0 Å². The van der Waals surface area contributed by atoms with E-state index in [2.05, 4.69) is 34.9 Å². The van der Waals surface area contributed by atoms with Crippen molar-refractivity contribution in [1.29, 1.82) is 0 Å². The van der Waals surface area contributed by atoms with E-state index in [0.29, 0.717) is 25.7 Å². The fourth-order valence-electron chi connectivity index (χ4n) is 5.50. The molecule has 4 rings (SSSR count). The van der Waals surface area contributed by atoms with Gasteiger partial charge in [-0.2, -0.15) is 0 Å². The Bertz CT molecular complexity index is 1050. The quantitative estimate of drug-likeness (QED) is 0.485. The van der Waals surface area contributed by atoms with Crippen LogP contribution in [0.1, 0.15) is 63.0 Å². The largest absolute Gasteiger partial charge is 0.481 e. The van der Waals surface area contributed by atoms with Crippen LogP contribution in [0.2, 0.25) is 0 Å². The number of carboxylic acid groups (broad SMARTS) is 1. The highest BCUT2D eigenvalue weighted by Gasteiger charge is 2.39. The molecule has 35 heavy (non-hydrogen) atoms. The molecule has 1 fully saturated rings. The summed E-state index contributed by atoms with van der Waals surface area (Å²) in [4.78, 5) is 37.3. The Balaban J connectivity index is 1.34. The van der Waals surface area contributed by atoms with Gasteiger partial charge in [-0.25, -0.2) is 4.79 Å². The molecule has 0 bridgehead atoms. The van der Waals surface area contributed by atoms with Gasteiger partial charge in [0.2, 0.25) is 5.91 Å². The van der Waals surface area contributed by atoms with E-state index in [0.717, 1.165) is 17.5 Å². The number of amides is 2. The second-order valence-electron chi connectivity index (χ2n) is 9.62. The molecule has 2 aromatic rings. The predicted molar refractivity (Wildman–Crippen MR) is 133 cm³/mol. The van der Waals surface area contributed by atoms with Crippen molar-refractivity contribution in [2.75, 3.05) is 13.2 Å². The minimum atomic E-state index is -0.968. The van der Waals surface area contributed by atoms with Gasteiger partial charge >= 0.3 is 12.1 Å². The van der Waals surface area contributed by atoms with E-state index in [4.69, 9.17) is 4.74 Å². The Hall–Kier alpha value is -3.35. The molecular formula is C28H34N2O5. The molecule has 0 radical (unpaired) electrons. The van der Waals surface area contributed by atoms with Crippen LogP contribution >= 0.6 is 0 Å². The normalized spacial score (nSPS) is 19.0. The number of hydrogen-bond acceptors (Lipinski definition) is 4. The minimum absolute atomic E-state index is 0.0250. The van der Waals surface area contributed by atoms with Crippen molar-refractivity contribution in [3.63, 3.8) is 0 Å². The Kier molecular flexibility index (Phi) is 7.43. The third-order valence-electron chi connectivity index (χ3n) is 7.91. The number of fused-ring (bicyclic) bond motifs is 3. The highest BCUT2D eigenvalue weighted by Crippen LogP contribution is 2.44. The van der Waals surface area contributed by atoms with Crippen LogP contribution in [0.3, 0.4) is 0 Å². The molecule has 0 aromatic heterocycles. The zero-order valence-electron chi connectivity index (χ0n) is 20.4. The van der Waals surface area contributed by atoms with Crippen LogP contribution in [-0.4, -0.2) is 42.3 Å². The number of carbonyl (C=O) groups is 3. The number of hydrogen-bond donors (Lipinski definition) is 3. The summed E-state index contributed by atoms with van der Waals surface area (Å²) in [6.07, 6.45) is 2.50. The van der Waals surface area contributed by atoms with Crippen LogP contribution in [0.25, 0.3) is 11.1 Å². The molecule has 2 aromatic carbocycles. The molecule has 2 atom stereocenters. The van der Waals surface area contributed by atoms with Gasteiger partial charge in [0.15, 0.2) is 0 Å². The fourth-order valence-corrected chi connectivity index (χ4v) is 5.50. The standard InChI is InChI=1S/C28H34N2O5/c1-3-28(4-2,26(32)33)17-29-25(31)22-14-9-15-24(22)30-27(34)35-16-23-20-12-7-5-10-18(20)19-11-6-8-13-21(19)23/h5-8,10-13,22-24H,3-4,9,14-17H2,1-2H3,(H,29,31)(H,30,34)(H,32,33)/t22-,24+/m1/s1. The molecule has 1 saturated carbocycles. The van der Waals surface area contributed by atoms with Crippen LogP contribution in [0, 0.1) is 11.3 Å². The van der Waals surface area contributed by atoms with Gasteiger partial charge in [0.05, 0.1) is 11.3 Å². The van der Waals surface area contributed by atoms with Crippen LogP contribution in [0.5, 0.6) is 0 Å². The Morgan fingerprint density at radius 1 is 0.971 bits per heavy atom. The molecular weight excluding hydrogens is 444 g/mol. The van der Waals surface area contributed by atoms with E-state index in [9.17, 15) is 19.5 Å². The zero-order chi connectivity index (χ0) is 25.0. The molecule has 2 aliphatic carbocycles. The van der Waals surface area contributed by atoms with E-state index in [1.807, 2.05) is 38.1 Å². The monoisotopic (exact) mass is 478 g/mol. The second kappa shape index (κ2) is 10.5. The average Bonchev–Trinajstić information content (AvgIpc) is 3.46. The average molecular weight is 479 g/mol. The first-order chi connectivity index (χ1) is 16.9. The third kappa shape index (κ3) is 4.90. The Morgan fingerprint density at radius 3 is 2.14 bits per heavy atom. The zero-order valence-corrected chi connectivity index (χ0v) is 20.4. The molecule has 2 amide bonds. The van der Waals surface area contributed by atoms with Gasteiger partial charge in [-0.3, -0.25) is 9.59 Å². The number of benzene rings is 2. The SMILES string of the molecule is CCC(CC)(CNC(=O)[C@@H]1CCC[C@@H]1NC(=O)OCC1c2ccccc2-c2ccccc21)C(=O)O. The highest BCUT2D eigenvalue weighted by molar-refractivity contribution is 5.82. The molecule has 2 aliphatic rings. The highest BCUT2D eigenvalue weighted by atomic mass is 16.5. The molecule has 7 heteroatoms. The summed E-state index contributed by atoms with van der Waals surface area (Å²) >= 11 is 0. The van der Waals surface area contributed by atoms with Crippen molar-refractivity contribution in [3.8, 4) is 11.1 Å². The first-order valence-electron chi connectivity index (χ1n) is 12.5. The Morgan fingerprint density at radius 2 is 1.57 bits per heavy atom. The van der Waals surface area contributed by atoms with Crippen LogP contribution in [0.15, 0.2) is 48.5 Å². The van der Waals surface area contributed by atoms with E-state index in [1.54, 1.807) is 0 Å². The smallest absolute Gasteiger partial charge is 0.407 e. The molecule has 3 N–H and O–H groups in total. The van der Waals surface area contributed by atoms with Crippen LogP contribution < -0.4 is 10.6 Å². The summed E-state index contributed by atoms with van der Waals surface area (Å²) in [5, 5.41) is 15.3. The van der Waals surface area contributed by atoms with E-state index < -0.39 is 23.4 Å². The van der Waals surface area contributed by atoms with Gasteiger partial charge in [-0.15, -0.1) is 0 Å². The molecule has 186 valence electrons. The van der Waals surface area contributed by atoms with Crippen molar-refractivity contribution in [1.82, 2.24) is 10.6 Å². The lowest BCUT2D eigenvalue weighted by Crippen LogP contribution is -2.48. The maximum Gasteiger partial charge on any atom is 0.407 e. The maximum atomic E-state index is 12.9. The number of carboxylic acids is 1. The van der Waals surface area contributed by atoms with Gasteiger partial charge in [0.25, 0.3) is 0 Å². The number of ether oxygens (including phenoxy) is 1. The lowest BCUT2D eigenvalue weighted by Gasteiger charge is -2.28. The van der Waals surface area contributed by atoms with Gasteiger partial charge in [-0.05, 0) is 47.9 Å². The lowest BCUT2D eigenvalue weighted by molar-refractivity contribution is -0.149. The molecule has 0 heterocycles. The van der Waals surface area contributed by atoms with Crippen molar-refractivity contribution in [2.24, 2.45) is 11.3 Å². The van der Waals surface area contributed by atoms with E-state index in [-0.39, 0.29) is 31.0 Å². The van der Waals surface area contributed by atoms with E-state index in [1.165, 1.54) is 11.1 Å². The molecule has 0 aliphatic heterocycles. The maximum absolute atomic E-state index is 12.9. The van der Waals surface area contributed by atoms with Gasteiger partial charge in [0, 0.05) is 18.5 Å². The summed E-state index contributed by atoms with van der Waals surface area (Å²) < 4.78 is 5.65. The van der Waals surface area contributed by atoms with Gasteiger partial charge < -0.3 is 20.5 Å². The number of aliphatic carboxylic acids is 1. The number of alkyl carbamates (subject to hydrolysis) is 1. The van der Waals surface area contributed by atoms with E-state index >= 15 is 0 Å². The third-order valence-corrected chi connectivity index (χ3v) is 7.91. The minimum Gasteiger partial charge on any atom is -0.481 e. The number of rotatable bonds is 9. The second-order valence-corrected chi connectivity index (χ2v) is 9.62. The van der Waals surface area contributed by atoms with Crippen LogP contribution in [0.4, 0.5) is 4.79 Å². The first kappa shape index (κ1) is 24.8. The van der Waals surface area contributed by atoms with Gasteiger partial charge in [-0.1, -0.05) is 68.8 Å². The summed E-state index contributed by atoms with van der Waals surface area (Å²) in [5.41, 5.74) is 3.66. The first-order valence-corrected chi connectivity index (χ1v) is 12.5. The molecule has 0 unspecified atom stereocenters. The molecule has 0 saturated heterocycles.